The summed E-state index contributed by atoms with van der Waals surface area (Å²) in [7, 11) is 0. The Bertz CT molecular complexity index is 658. The van der Waals surface area contributed by atoms with E-state index in [-0.39, 0.29) is 12.5 Å². The van der Waals surface area contributed by atoms with Crippen LogP contribution in [0.3, 0.4) is 0 Å². The molecule has 2 aromatic rings. The van der Waals surface area contributed by atoms with E-state index in [2.05, 4.69) is 22.1 Å². The topological polar surface area (TPSA) is 62.2 Å². The van der Waals surface area contributed by atoms with Gasteiger partial charge < -0.3 is 5.11 Å². The molecule has 0 saturated carbocycles. The average Bonchev–Trinajstić information content (AvgIpc) is 2.84. The zero-order valence-corrected chi connectivity index (χ0v) is 11.3. The Hall–Kier alpha value is -1.87. The third-order valence-electron chi connectivity index (χ3n) is 2.14. The Morgan fingerprint density at radius 2 is 2.26 bits per heavy atom. The first-order valence-electron chi connectivity index (χ1n) is 5.32. The van der Waals surface area contributed by atoms with Gasteiger partial charge in [-0.1, -0.05) is 46.9 Å². The predicted molar refractivity (Wildman–Crippen MR) is 75.5 cm³/mol. The number of benzene rings is 1. The van der Waals surface area contributed by atoms with Crippen molar-refractivity contribution in [2.24, 2.45) is 0 Å². The van der Waals surface area contributed by atoms with Crippen LogP contribution in [0.5, 0.6) is 0 Å². The fourth-order valence-corrected chi connectivity index (χ4v) is 2.23. The predicted octanol–water partition coefficient (Wildman–Crippen LogP) is 2.39. The standard InChI is InChI=1S/C13H9ClN2O2S/c14-11-6-2-1-5-10(11)12(18)16-13-15-8-9(19-13)4-3-7-17/h1-2,5-6,8,17H,7H2,(H,15,16,18). The van der Waals surface area contributed by atoms with Crippen LogP contribution in [0.25, 0.3) is 0 Å². The van der Waals surface area contributed by atoms with Gasteiger partial charge in [0.25, 0.3) is 5.91 Å². The molecule has 1 heterocycles. The fourth-order valence-electron chi connectivity index (χ4n) is 1.33. The maximum absolute atomic E-state index is 12.0. The third-order valence-corrected chi connectivity index (χ3v) is 3.29. The number of thiazole rings is 1. The molecule has 1 aromatic heterocycles. The molecule has 0 atom stereocenters. The molecule has 1 aromatic carbocycles. The number of aromatic nitrogens is 1. The lowest BCUT2D eigenvalue weighted by atomic mass is 10.2. The van der Waals surface area contributed by atoms with Gasteiger partial charge in [0, 0.05) is 0 Å². The first-order valence-corrected chi connectivity index (χ1v) is 6.51. The monoisotopic (exact) mass is 292 g/mol. The van der Waals surface area contributed by atoms with E-state index in [0.29, 0.717) is 20.6 Å². The van der Waals surface area contributed by atoms with Crippen molar-refractivity contribution in [3.05, 3.63) is 45.9 Å². The number of nitrogens with zero attached hydrogens (tertiary/aromatic N) is 1. The summed E-state index contributed by atoms with van der Waals surface area (Å²) >= 11 is 7.16. The van der Waals surface area contributed by atoms with E-state index >= 15 is 0 Å². The number of carbonyl (C=O) groups excluding carboxylic acids is 1. The van der Waals surface area contributed by atoms with Gasteiger partial charge in [-0.25, -0.2) is 4.98 Å². The summed E-state index contributed by atoms with van der Waals surface area (Å²) in [5.74, 6) is 4.91. The summed E-state index contributed by atoms with van der Waals surface area (Å²) < 4.78 is 0. The van der Waals surface area contributed by atoms with Gasteiger partial charge in [0.15, 0.2) is 5.13 Å². The van der Waals surface area contributed by atoms with E-state index in [1.807, 2.05) is 0 Å². The summed E-state index contributed by atoms with van der Waals surface area (Å²) in [5.41, 5.74) is 0.391. The molecule has 1 amide bonds. The Morgan fingerprint density at radius 3 is 3.00 bits per heavy atom. The summed E-state index contributed by atoms with van der Waals surface area (Å²) in [6.07, 6.45) is 1.54. The van der Waals surface area contributed by atoms with Gasteiger partial charge >= 0.3 is 0 Å². The number of hydrogen-bond acceptors (Lipinski definition) is 4. The van der Waals surface area contributed by atoms with Crippen LogP contribution in [-0.4, -0.2) is 22.6 Å². The Kier molecular flexibility index (Phi) is 4.53. The molecule has 2 N–H and O–H groups in total. The summed E-state index contributed by atoms with van der Waals surface area (Å²) in [6.45, 7) is -0.209. The van der Waals surface area contributed by atoms with Crippen LogP contribution >= 0.6 is 22.9 Å². The Balaban J connectivity index is 2.11. The summed E-state index contributed by atoms with van der Waals surface area (Å²) in [4.78, 5) is 16.6. The number of hydrogen-bond donors (Lipinski definition) is 2. The molecule has 0 aliphatic rings. The maximum Gasteiger partial charge on any atom is 0.258 e. The second-order valence-corrected chi connectivity index (χ2v) is 4.86. The minimum absolute atomic E-state index is 0.209. The number of nitrogens with one attached hydrogen (secondary N) is 1. The quantitative estimate of drug-likeness (QED) is 0.836. The van der Waals surface area contributed by atoms with Gasteiger partial charge in [-0.15, -0.1) is 0 Å². The highest BCUT2D eigenvalue weighted by molar-refractivity contribution is 7.16. The first-order chi connectivity index (χ1) is 9.20. The molecule has 6 heteroatoms. The van der Waals surface area contributed by atoms with Crippen molar-refractivity contribution in [3.8, 4) is 11.8 Å². The largest absolute Gasteiger partial charge is 0.384 e. The molecular formula is C13H9ClN2O2S. The summed E-state index contributed by atoms with van der Waals surface area (Å²) in [6, 6.07) is 6.78. The van der Waals surface area contributed by atoms with Crippen LogP contribution in [-0.2, 0) is 0 Å². The molecule has 0 unspecified atom stereocenters. The molecule has 0 radical (unpaired) electrons. The highest BCUT2D eigenvalue weighted by Gasteiger charge is 2.11. The molecule has 19 heavy (non-hydrogen) atoms. The van der Waals surface area contributed by atoms with Crippen LogP contribution in [0.15, 0.2) is 30.5 Å². The van der Waals surface area contributed by atoms with E-state index in [0.717, 1.165) is 0 Å². The number of aliphatic hydroxyl groups is 1. The van der Waals surface area contributed by atoms with Crippen molar-refractivity contribution in [1.29, 1.82) is 0 Å². The van der Waals surface area contributed by atoms with Crippen molar-refractivity contribution in [2.45, 2.75) is 0 Å². The number of carbonyl (C=O) groups is 1. The number of aliphatic hydroxyl groups excluding tert-OH is 1. The molecule has 2 rings (SSSR count). The van der Waals surface area contributed by atoms with Crippen molar-refractivity contribution in [1.82, 2.24) is 4.98 Å². The molecular weight excluding hydrogens is 284 g/mol. The fraction of sp³-hybridized carbons (Fsp3) is 0.0769. The van der Waals surface area contributed by atoms with E-state index < -0.39 is 0 Å². The second-order valence-electron chi connectivity index (χ2n) is 3.42. The second kappa shape index (κ2) is 6.34. The van der Waals surface area contributed by atoms with Crippen molar-refractivity contribution >= 4 is 34.0 Å². The summed E-state index contributed by atoms with van der Waals surface area (Å²) in [5, 5.41) is 12.1. The zero-order valence-electron chi connectivity index (χ0n) is 9.68. The van der Waals surface area contributed by atoms with Gasteiger partial charge in [0.2, 0.25) is 0 Å². The number of halogens is 1. The molecule has 0 spiro atoms. The molecule has 96 valence electrons. The maximum atomic E-state index is 12.0. The van der Waals surface area contributed by atoms with Crippen LogP contribution in [0.2, 0.25) is 5.02 Å². The van der Waals surface area contributed by atoms with E-state index in [9.17, 15) is 4.79 Å². The normalized spacial score (nSPS) is 9.58. The Morgan fingerprint density at radius 1 is 1.47 bits per heavy atom. The van der Waals surface area contributed by atoms with Crippen molar-refractivity contribution < 1.29 is 9.90 Å². The van der Waals surface area contributed by atoms with Crippen molar-refractivity contribution in [2.75, 3.05) is 11.9 Å². The van der Waals surface area contributed by atoms with Gasteiger partial charge in [-0.2, -0.15) is 0 Å². The Labute approximate surface area is 119 Å². The van der Waals surface area contributed by atoms with Crippen LogP contribution < -0.4 is 5.32 Å². The minimum Gasteiger partial charge on any atom is -0.384 e. The van der Waals surface area contributed by atoms with Gasteiger partial charge in [0.1, 0.15) is 6.61 Å². The molecule has 0 saturated heterocycles. The van der Waals surface area contributed by atoms with E-state index in [1.165, 1.54) is 17.5 Å². The first kappa shape index (κ1) is 13.6. The lowest BCUT2D eigenvalue weighted by molar-refractivity contribution is 0.102. The molecule has 0 fully saturated rings. The lowest BCUT2D eigenvalue weighted by Gasteiger charge is -2.02. The van der Waals surface area contributed by atoms with Crippen LogP contribution in [0.4, 0.5) is 5.13 Å². The van der Waals surface area contributed by atoms with Gasteiger partial charge in [-0.05, 0) is 12.1 Å². The number of rotatable bonds is 2. The van der Waals surface area contributed by atoms with Crippen LogP contribution in [0, 0.1) is 11.8 Å². The average molecular weight is 293 g/mol. The lowest BCUT2D eigenvalue weighted by Crippen LogP contribution is -2.11. The van der Waals surface area contributed by atoms with E-state index in [4.69, 9.17) is 16.7 Å². The number of amides is 1. The highest BCUT2D eigenvalue weighted by atomic mass is 35.5. The molecule has 0 aliphatic carbocycles. The smallest absolute Gasteiger partial charge is 0.258 e. The van der Waals surface area contributed by atoms with Gasteiger partial charge in [0.05, 0.1) is 21.7 Å². The van der Waals surface area contributed by atoms with Crippen molar-refractivity contribution in [3.63, 3.8) is 0 Å². The molecule has 0 bridgehead atoms. The van der Waals surface area contributed by atoms with Gasteiger partial charge in [-0.3, -0.25) is 10.1 Å². The zero-order chi connectivity index (χ0) is 13.7. The minimum atomic E-state index is -0.318. The number of anilines is 1. The third kappa shape index (κ3) is 3.55. The SMILES string of the molecule is O=C(Nc1ncc(C#CCO)s1)c1ccccc1Cl. The highest BCUT2D eigenvalue weighted by Crippen LogP contribution is 2.20. The van der Waals surface area contributed by atoms with Crippen LogP contribution in [0.1, 0.15) is 15.2 Å². The molecule has 4 nitrogen and oxygen atoms in total. The van der Waals surface area contributed by atoms with E-state index in [1.54, 1.807) is 24.3 Å². The molecule has 0 aliphatic heterocycles.